The second-order valence-electron chi connectivity index (χ2n) is 4.25. The number of likely N-dealkylation sites (N-methyl/N-ethyl adjacent to an activating group) is 1. The van der Waals surface area contributed by atoms with Gasteiger partial charge in [-0.3, -0.25) is 5.41 Å². The van der Waals surface area contributed by atoms with Crippen molar-refractivity contribution in [2.75, 3.05) is 38.1 Å². The number of benzene rings is 1. The highest BCUT2D eigenvalue weighted by Gasteiger charge is 2.13. The minimum Gasteiger partial charge on any atom is -0.384 e. The lowest BCUT2D eigenvalue weighted by molar-refractivity contribution is 0.313. The van der Waals surface area contributed by atoms with E-state index in [4.69, 9.17) is 11.1 Å². The largest absolute Gasteiger partial charge is 0.384 e. The molecule has 1 saturated heterocycles. The number of amidine groups is 1. The van der Waals surface area contributed by atoms with Gasteiger partial charge in [-0.15, -0.1) is 0 Å². The van der Waals surface area contributed by atoms with Crippen LogP contribution in [0.1, 0.15) is 19.4 Å². The Morgan fingerprint density at radius 3 is 2.00 bits per heavy atom. The maximum Gasteiger partial charge on any atom is 0.122 e. The van der Waals surface area contributed by atoms with E-state index in [0.717, 1.165) is 31.7 Å². The van der Waals surface area contributed by atoms with Gasteiger partial charge in [0, 0.05) is 37.4 Å². The smallest absolute Gasteiger partial charge is 0.122 e. The van der Waals surface area contributed by atoms with Crippen molar-refractivity contribution in [3.63, 3.8) is 0 Å². The summed E-state index contributed by atoms with van der Waals surface area (Å²) >= 11 is 0. The highest BCUT2D eigenvalue weighted by atomic mass is 15.2. The summed E-state index contributed by atoms with van der Waals surface area (Å²) in [6.07, 6.45) is 0. The molecule has 0 aromatic heterocycles. The Morgan fingerprint density at radius 2 is 1.56 bits per heavy atom. The summed E-state index contributed by atoms with van der Waals surface area (Å²) in [5, 5.41) is 7.33. The minimum atomic E-state index is 0.130. The van der Waals surface area contributed by atoms with Crippen molar-refractivity contribution >= 4 is 11.5 Å². The number of nitrogens with two attached hydrogens (primary N) is 1. The number of hydrogen-bond acceptors (Lipinski definition) is 3. The molecule has 1 aliphatic rings. The van der Waals surface area contributed by atoms with Gasteiger partial charge in [0.1, 0.15) is 5.84 Å². The first-order valence-electron chi connectivity index (χ1n) is 6.55. The first kappa shape index (κ1) is 14.5. The Labute approximate surface area is 110 Å². The number of piperazine rings is 1. The van der Waals surface area contributed by atoms with Crippen LogP contribution in [-0.2, 0) is 0 Å². The Kier molecular flexibility index (Phi) is 5.65. The molecule has 18 heavy (non-hydrogen) atoms. The number of nitrogens with zero attached hydrogens (tertiary/aromatic N) is 2. The molecule has 0 unspecified atom stereocenters. The van der Waals surface area contributed by atoms with Gasteiger partial charge in [-0.05, 0) is 31.3 Å². The zero-order valence-electron chi connectivity index (χ0n) is 11.6. The van der Waals surface area contributed by atoms with Crippen LogP contribution in [0.4, 0.5) is 5.69 Å². The van der Waals surface area contributed by atoms with Gasteiger partial charge in [0.25, 0.3) is 0 Å². The predicted molar refractivity (Wildman–Crippen MR) is 78.5 cm³/mol. The van der Waals surface area contributed by atoms with Gasteiger partial charge in [-0.2, -0.15) is 0 Å². The van der Waals surface area contributed by atoms with Crippen molar-refractivity contribution in [2.24, 2.45) is 5.73 Å². The fourth-order valence-electron chi connectivity index (χ4n) is 1.92. The molecule has 100 valence electrons. The normalized spacial score (nSPS) is 15.8. The van der Waals surface area contributed by atoms with E-state index in [-0.39, 0.29) is 5.84 Å². The van der Waals surface area contributed by atoms with Crippen LogP contribution in [0.2, 0.25) is 0 Å². The van der Waals surface area contributed by atoms with E-state index in [2.05, 4.69) is 16.8 Å². The van der Waals surface area contributed by atoms with Crippen molar-refractivity contribution in [3.8, 4) is 0 Å². The number of nitrogen functional groups attached to an aromatic ring is 1. The van der Waals surface area contributed by atoms with Crippen molar-refractivity contribution in [1.29, 1.82) is 5.41 Å². The van der Waals surface area contributed by atoms with Crippen molar-refractivity contribution in [3.05, 3.63) is 29.8 Å². The van der Waals surface area contributed by atoms with Gasteiger partial charge in [-0.1, -0.05) is 13.8 Å². The summed E-state index contributed by atoms with van der Waals surface area (Å²) in [6.45, 7) is 8.34. The Balaban J connectivity index is 0.000000771. The van der Waals surface area contributed by atoms with Gasteiger partial charge in [-0.25, -0.2) is 0 Å². The molecule has 1 fully saturated rings. The molecular formula is C14H24N4. The first-order chi connectivity index (χ1) is 8.66. The number of hydrogen-bond donors (Lipinski definition) is 2. The zero-order valence-corrected chi connectivity index (χ0v) is 11.6. The van der Waals surface area contributed by atoms with Crippen LogP contribution >= 0.6 is 0 Å². The molecule has 4 nitrogen and oxygen atoms in total. The van der Waals surface area contributed by atoms with E-state index in [0.29, 0.717) is 0 Å². The van der Waals surface area contributed by atoms with Gasteiger partial charge in [0.2, 0.25) is 0 Å². The molecule has 0 bridgehead atoms. The van der Waals surface area contributed by atoms with Crippen LogP contribution in [0.15, 0.2) is 24.3 Å². The molecule has 4 heteroatoms. The standard InChI is InChI=1S/C12H18N4.C2H6/c1-15-6-8-16(9-7-15)11-4-2-10(3-5-11)12(13)14;1-2/h2-5H,6-9H2,1H3,(H3,13,14);1-2H3. The van der Waals surface area contributed by atoms with Crippen LogP contribution in [0.5, 0.6) is 0 Å². The fraction of sp³-hybridized carbons (Fsp3) is 0.500. The maximum atomic E-state index is 7.33. The molecule has 0 saturated carbocycles. The average Bonchev–Trinajstić information content (AvgIpc) is 2.42. The predicted octanol–water partition coefficient (Wildman–Crippen LogP) is 1.75. The van der Waals surface area contributed by atoms with Gasteiger partial charge in [0.15, 0.2) is 0 Å². The second kappa shape index (κ2) is 7.01. The van der Waals surface area contributed by atoms with Gasteiger partial charge < -0.3 is 15.5 Å². The van der Waals surface area contributed by atoms with E-state index < -0.39 is 0 Å². The first-order valence-corrected chi connectivity index (χ1v) is 6.55. The molecule has 0 aliphatic carbocycles. The number of rotatable bonds is 2. The molecule has 2 rings (SSSR count). The molecule has 1 heterocycles. The van der Waals surface area contributed by atoms with E-state index in [1.165, 1.54) is 5.69 Å². The number of nitrogens with one attached hydrogen (secondary N) is 1. The van der Waals surface area contributed by atoms with Crippen molar-refractivity contribution < 1.29 is 0 Å². The lowest BCUT2D eigenvalue weighted by Gasteiger charge is -2.34. The second-order valence-corrected chi connectivity index (χ2v) is 4.25. The fourth-order valence-corrected chi connectivity index (χ4v) is 1.92. The molecule has 3 N–H and O–H groups in total. The lowest BCUT2D eigenvalue weighted by atomic mass is 10.1. The van der Waals surface area contributed by atoms with E-state index >= 15 is 0 Å². The Morgan fingerprint density at radius 1 is 1.06 bits per heavy atom. The molecule has 0 amide bonds. The summed E-state index contributed by atoms with van der Waals surface area (Å²) in [7, 11) is 2.15. The molecule has 0 atom stereocenters. The van der Waals surface area contributed by atoms with Crippen LogP contribution < -0.4 is 10.6 Å². The summed E-state index contributed by atoms with van der Waals surface area (Å²) in [5.74, 6) is 0.130. The lowest BCUT2D eigenvalue weighted by Crippen LogP contribution is -2.44. The third-order valence-corrected chi connectivity index (χ3v) is 3.05. The quantitative estimate of drug-likeness (QED) is 0.619. The van der Waals surface area contributed by atoms with E-state index in [1.54, 1.807) is 0 Å². The Bertz CT molecular complexity index is 364. The highest BCUT2D eigenvalue weighted by Crippen LogP contribution is 2.16. The van der Waals surface area contributed by atoms with Crippen LogP contribution in [-0.4, -0.2) is 44.0 Å². The topological polar surface area (TPSA) is 56.4 Å². The highest BCUT2D eigenvalue weighted by molar-refractivity contribution is 5.95. The maximum absolute atomic E-state index is 7.33. The Hall–Kier alpha value is -1.55. The minimum absolute atomic E-state index is 0.130. The number of anilines is 1. The van der Waals surface area contributed by atoms with Crippen molar-refractivity contribution in [2.45, 2.75) is 13.8 Å². The SMILES string of the molecule is CC.CN1CCN(c2ccc(C(=N)N)cc2)CC1. The molecule has 1 aliphatic heterocycles. The summed E-state index contributed by atoms with van der Waals surface area (Å²) in [6, 6.07) is 7.91. The third-order valence-electron chi connectivity index (χ3n) is 3.05. The van der Waals surface area contributed by atoms with E-state index in [1.807, 2.05) is 38.1 Å². The summed E-state index contributed by atoms with van der Waals surface area (Å²) < 4.78 is 0. The van der Waals surface area contributed by atoms with Crippen LogP contribution in [0.25, 0.3) is 0 Å². The molecule has 1 aromatic carbocycles. The third kappa shape index (κ3) is 3.74. The zero-order chi connectivity index (χ0) is 13.5. The van der Waals surface area contributed by atoms with Gasteiger partial charge >= 0.3 is 0 Å². The van der Waals surface area contributed by atoms with Crippen LogP contribution in [0, 0.1) is 5.41 Å². The molecule has 1 aromatic rings. The average molecular weight is 248 g/mol. The monoisotopic (exact) mass is 248 g/mol. The summed E-state index contributed by atoms with van der Waals surface area (Å²) in [4.78, 5) is 4.70. The molecular weight excluding hydrogens is 224 g/mol. The van der Waals surface area contributed by atoms with Crippen LogP contribution in [0.3, 0.4) is 0 Å². The molecule has 0 radical (unpaired) electrons. The molecule has 0 spiro atoms. The van der Waals surface area contributed by atoms with Crippen molar-refractivity contribution in [1.82, 2.24) is 4.90 Å². The van der Waals surface area contributed by atoms with E-state index in [9.17, 15) is 0 Å². The van der Waals surface area contributed by atoms with Gasteiger partial charge in [0.05, 0.1) is 0 Å². The summed E-state index contributed by atoms with van der Waals surface area (Å²) in [5.41, 5.74) is 7.43.